The van der Waals surface area contributed by atoms with E-state index in [-0.39, 0.29) is 11.2 Å². The van der Waals surface area contributed by atoms with E-state index in [1.165, 1.54) is 0 Å². The number of nitrogens with zero attached hydrogens (tertiary/aromatic N) is 2. The first-order valence-corrected chi connectivity index (χ1v) is 4.93. The van der Waals surface area contributed by atoms with Gasteiger partial charge >= 0.3 is 0 Å². The molecule has 0 saturated heterocycles. The Balaban J connectivity index is 2.92. The van der Waals surface area contributed by atoms with Gasteiger partial charge in [0.25, 0.3) is 0 Å². The number of carbonyl (C=O) groups excluding carboxylic acids is 1. The molecule has 0 aliphatic heterocycles. The topological polar surface area (TPSA) is 44.1 Å². The summed E-state index contributed by atoms with van der Waals surface area (Å²) in [6.45, 7) is 5.92. The quantitative estimate of drug-likeness (QED) is 0.713. The van der Waals surface area contributed by atoms with Gasteiger partial charge in [0.15, 0.2) is 0 Å². The monoisotopic (exact) mass is 210 g/mol. The molecule has 0 amide bonds. The van der Waals surface area contributed by atoms with Crippen LogP contribution < -0.4 is 0 Å². The average Bonchev–Trinajstić information content (AvgIpc) is 2.50. The summed E-state index contributed by atoms with van der Waals surface area (Å²) in [6.07, 6.45) is 1.30. The van der Waals surface area contributed by atoms with E-state index in [1.54, 1.807) is 31.1 Å². The van der Waals surface area contributed by atoms with Crippen molar-refractivity contribution in [3.8, 4) is 0 Å². The highest BCUT2D eigenvalue weighted by atomic mass is 16.5. The van der Waals surface area contributed by atoms with Gasteiger partial charge in [-0.1, -0.05) is 20.8 Å². The number of aryl methyl sites for hydroxylation is 1. The zero-order valence-corrected chi connectivity index (χ0v) is 9.94. The zero-order valence-electron chi connectivity index (χ0n) is 9.94. The van der Waals surface area contributed by atoms with Crippen molar-refractivity contribution in [2.75, 3.05) is 7.11 Å². The summed E-state index contributed by atoms with van der Waals surface area (Å²) in [5.74, 6) is -0.0643. The number of ether oxygens (including phenoxy) is 1. The summed E-state index contributed by atoms with van der Waals surface area (Å²) in [4.78, 5) is 12.0. The predicted molar refractivity (Wildman–Crippen MR) is 57.8 cm³/mol. The fraction of sp³-hybridized carbons (Fsp3) is 0.636. The molecular formula is C11H18N2O2. The third kappa shape index (κ3) is 2.65. The number of hydrogen-bond acceptors (Lipinski definition) is 3. The van der Waals surface area contributed by atoms with Crippen LogP contribution in [0.4, 0.5) is 0 Å². The van der Waals surface area contributed by atoms with Crippen LogP contribution in [0, 0.1) is 5.41 Å². The van der Waals surface area contributed by atoms with Gasteiger partial charge < -0.3 is 4.74 Å². The van der Waals surface area contributed by atoms with Crippen LogP contribution in [0.2, 0.25) is 0 Å². The van der Waals surface area contributed by atoms with Crippen LogP contribution in [0.25, 0.3) is 0 Å². The van der Waals surface area contributed by atoms with E-state index in [0.717, 1.165) is 0 Å². The van der Waals surface area contributed by atoms with Gasteiger partial charge in [0.2, 0.25) is 5.78 Å². The molecule has 0 spiro atoms. The summed E-state index contributed by atoms with van der Waals surface area (Å²) >= 11 is 0. The van der Waals surface area contributed by atoms with Crippen molar-refractivity contribution in [2.24, 2.45) is 12.5 Å². The first-order valence-electron chi connectivity index (χ1n) is 4.93. The van der Waals surface area contributed by atoms with Gasteiger partial charge in [-0.05, 0) is 11.5 Å². The Hall–Kier alpha value is -1.16. The van der Waals surface area contributed by atoms with Crippen molar-refractivity contribution >= 4 is 5.78 Å². The lowest BCUT2D eigenvalue weighted by Crippen LogP contribution is -2.36. The molecule has 1 rings (SSSR count). The highest BCUT2D eigenvalue weighted by molar-refractivity contribution is 5.98. The standard InChI is InChI=1S/C11H18N2O2/c1-11(2,3)10(15-5)9(14)8-6-7-13(4)12-8/h6-7,10H,1-5H3. The predicted octanol–water partition coefficient (Wildman–Crippen LogP) is 1.66. The van der Waals surface area contributed by atoms with Gasteiger partial charge in [-0.3, -0.25) is 9.48 Å². The number of hydrogen-bond donors (Lipinski definition) is 0. The highest BCUT2D eigenvalue weighted by Crippen LogP contribution is 2.24. The number of aromatic nitrogens is 2. The van der Waals surface area contributed by atoms with Crippen LogP contribution in [0.3, 0.4) is 0 Å². The second kappa shape index (κ2) is 4.14. The van der Waals surface area contributed by atoms with Crippen LogP contribution in [-0.4, -0.2) is 28.8 Å². The first-order chi connectivity index (χ1) is 6.86. The molecule has 0 bridgehead atoms. The number of Topliss-reactive ketones (excluding diaryl/α,β-unsaturated/α-hetero) is 1. The number of rotatable bonds is 3. The van der Waals surface area contributed by atoms with Crippen molar-refractivity contribution in [3.63, 3.8) is 0 Å². The minimum absolute atomic E-state index is 0.0643. The highest BCUT2D eigenvalue weighted by Gasteiger charge is 2.32. The number of methoxy groups -OCH3 is 1. The second-order valence-electron chi connectivity index (χ2n) is 4.72. The van der Waals surface area contributed by atoms with Gasteiger partial charge in [-0.15, -0.1) is 0 Å². The summed E-state index contributed by atoms with van der Waals surface area (Å²) in [7, 11) is 3.34. The van der Waals surface area contributed by atoms with Crippen LogP contribution in [0.15, 0.2) is 12.3 Å². The summed E-state index contributed by atoms with van der Waals surface area (Å²) in [6, 6.07) is 1.71. The van der Waals surface area contributed by atoms with Gasteiger partial charge in [-0.25, -0.2) is 0 Å². The van der Waals surface area contributed by atoms with E-state index in [0.29, 0.717) is 5.69 Å². The van der Waals surface area contributed by atoms with E-state index in [4.69, 9.17) is 4.74 Å². The van der Waals surface area contributed by atoms with Crippen LogP contribution in [-0.2, 0) is 11.8 Å². The Kier molecular flexibility index (Phi) is 3.29. The molecule has 1 aromatic heterocycles. The Bertz CT molecular complexity index is 350. The molecule has 0 aliphatic rings. The van der Waals surface area contributed by atoms with Gasteiger partial charge in [-0.2, -0.15) is 5.10 Å². The minimum atomic E-state index is -0.451. The third-order valence-electron chi connectivity index (χ3n) is 2.23. The summed E-state index contributed by atoms with van der Waals surface area (Å²) in [5.41, 5.74) is 0.239. The molecule has 15 heavy (non-hydrogen) atoms. The first kappa shape index (κ1) is 11.9. The molecule has 0 radical (unpaired) electrons. The minimum Gasteiger partial charge on any atom is -0.373 e. The molecule has 0 N–H and O–H groups in total. The largest absolute Gasteiger partial charge is 0.373 e. The Morgan fingerprint density at radius 3 is 2.47 bits per heavy atom. The molecule has 4 heteroatoms. The lowest BCUT2D eigenvalue weighted by molar-refractivity contribution is 0.0191. The van der Waals surface area contributed by atoms with Crippen molar-refractivity contribution < 1.29 is 9.53 Å². The summed E-state index contributed by atoms with van der Waals surface area (Å²) < 4.78 is 6.86. The molecule has 1 aromatic rings. The molecule has 4 nitrogen and oxygen atoms in total. The molecule has 1 unspecified atom stereocenters. The van der Waals surface area contributed by atoms with E-state index >= 15 is 0 Å². The maximum Gasteiger partial charge on any atom is 0.212 e. The Morgan fingerprint density at radius 1 is 1.53 bits per heavy atom. The Morgan fingerprint density at radius 2 is 2.13 bits per heavy atom. The zero-order chi connectivity index (χ0) is 11.6. The average molecular weight is 210 g/mol. The van der Waals surface area contributed by atoms with Crippen molar-refractivity contribution in [2.45, 2.75) is 26.9 Å². The molecule has 1 heterocycles. The summed E-state index contributed by atoms with van der Waals surface area (Å²) in [5, 5.41) is 4.08. The third-order valence-corrected chi connectivity index (χ3v) is 2.23. The van der Waals surface area contributed by atoms with Crippen LogP contribution in [0.1, 0.15) is 31.3 Å². The van der Waals surface area contributed by atoms with E-state index in [9.17, 15) is 4.79 Å². The molecule has 0 aromatic carbocycles. The van der Waals surface area contributed by atoms with E-state index < -0.39 is 6.10 Å². The maximum atomic E-state index is 12.0. The normalized spacial score (nSPS) is 13.9. The van der Waals surface area contributed by atoms with Crippen molar-refractivity contribution in [1.29, 1.82) is 0 Å². The van der Waals surface area contributed by atoms with E-state index in [1.807, 2.05) is 20.8 Å². The lowest BCUT2D eigenvalue weighted by Gasteiger charge is -2.27. The van der Waals surface area contributed by atoms with Gasteiger partial charge in [0, 0.05) is 20.4 Å². The molecule has 0 aliphatic carbocycles. The van der Waals surface area contributed by atoms with Crippen molar-refractivity contribution in [3.05, 3.63) is 18.0 Å². The fourth-order valence-electron chi connectivity index (χ4n) is 1.53. The van der Waals surface area contributed by atoms with Gasteiger partial charge in [0.1, 0.15) is 11.8 Å². The molecule has 1 atom stereocenters. The van der Waals surface area contributed by atoms with Crippen LogP contribution >= 0.6 is 0 Å². The number of carbonyl (C=O) groups is 1. The Labute approximate surface area is 90.2 Å². The molecule has 0 fully saturated rings. The van der Waals surface area contributed by atoms with Crippen LogP contribution in [0.5, 0.6) is 0 Å². The SMILES string of the molecule is COC(C(=O)c1ccn(C)n1)C(C)(C)C. The molecular weight excluding hydrogens is 192 g/mol. The maximum absolute atomic E-state index is 12.0. The smallest absolute Gasteiger partial charge is 0.212 e. The number of ketones is 1. The molecule has 0 saturated carbocycles. The van der Waals surface area contributed by atoms with Gasteiger partial charge in [0.05, 0.1) is 0 Å². The molecule has 84 valence electrons. The van der Waals surface area contributed by atoms with Crippen molar-refractivity contribution in [1.82, 2.24) is 9.78 Å². The second-order valence-corrected chi connectivity index (χ2v) is 4.72. The fourth-order valence-corrected chi connectivity index (χ4v) is 1.53. The lowest BCUT2D eigenvalue weighted by atomic mass is 9.85. The van der Waals surface area contributed by atoms with E-state index in [2.05, 4.69) is 5.10 Å².